The number of anilines is 1. The number of amides is 1. The van der Waals surface area contributed by atoms with Gasteiger partial charge in [-0.25, -0.2) is 0 Å². The first-order chi connectivity index (χ1) is 15.7. The molecule has 7 nitrogen and oxygen atoms in total. The van der Waals surface area contributed by atoms with Crippen molar-refractivity contribution in [1.82, 2.24) is 20.8 Å². The van der Waals surface area contributed by atoms with E-state index in [1.165, 1.54) is 32.1 Å². The first-order valence-corrected chi connectivity index (χ1v) is 11.9. The molecule has 0 unspecified atom stereocenters. The minimum absolute atomic E-state index is 0.119. The summed E-state index contributed by atoms with van der Waals surface area (Å²) in [5, 5.41) is 19.0. The summed E-state index contributed by atoms with van der Waals surface area (Å²) in [6.07, 6.45) is 6.08. The molecule has 32 heavy (non-hydrogen) atoms. The quantitative estimate of drug-likeness (QED) is 0.646. The Kier molecular flexibility index (Phi) is 6.37. The predicted octanol–water partition coefficient (Wildman–Crippen LogP) is 3.10. The molecule has 3 aliphatic rings. The van der Waals surface area contributed by atoms with E-state index in [1.54, 1.807) is 7.05 Å². The van der Waals surface area contributed by atoms with Crippen LogP contribution >= 0.6 is 0 Å². The molecule has 0 spiro atoms. The predicted molar refractivity (Wildman–Crippen MR) is 124 cm³/mol. The van der Waals surface area contributed by atoms with Crippen LogP contribution in [0.5, 0.6) is 0 Å². The molecule has 2 aromatic rings. The van der Waals surface area contributed by atoms with Gasteiger partial charge in [-0.3, -0.25) is 4.79 Å². The van der Waals surface area contributed by atoms with E-state index in [1.807, 2.05) is 36.4 Å². The van der Waals surface area contributed by atoms with Crippen molar-refractivity contribution in [3.05, 3.63) is 42.0 Å². The molecule has 1 amide bonds. The lowest BCUT2D eigenvalue weighted by molar-refractivity contribution is 0.0594. The number of ether oxygens (including phenoxy) is 1. The van der Waals surface area contributed by atoms with Gasteiger partial charge < -0.3 is 20.7 Å². The third-order valence-electron chi connectivity index (χ3n) is 7.53. The molecule has 1 aromatic heterocycles. The number of carbonyl (C=O) groups excluding carboxylic acids is 1. The lowest BCUT2D eigenvalue weighted by Gasteiger charge is -2.27. The summed E-state index contributed by atoms with van der Waals surface area (Å²) in [7, 11) is 1.64. The summed E-state index contributed by atoms with van der Waals surface area (Å²) < 4.78 is 5.53. The Hall–Kier alpha value is -2.51. The van der Waals surface area contributed by atoms with E-state index in [2.05, 4.69) is 26.1 Å². The average molecular weight is 436 g/mol. The Morgan fingerprint density at radius 2 is 1.97 bits per heavy atom. The first kappa shape index (κ1) is 21.3. The number of fused-ring (bicyclic) bond motifs is 1. The van der Waals surface area contributed by atoms with Crippen LogP contribution in [-0.4, -0.2) is 55.0 Å². The second kappa shape index (κ2) is 9.55. The van der Waals surface area contributed by atoms with Crippen LogP contribution in [0.1, 0.15) is 42.5 Å². The maximum Gasteiger partial charge on any atom is 0.251 e. The summed E-state index contributed by atoms with van der Waals surface area (Å²) >= 11 is 0. The molecular formula is C25H33N5O2. The fourth-order valence-corrected chi connectivity index (χ4v) is 5.86. The van der Waals surface area contributed by atoms with E-state index in [0.29, 0.717) is 23.3 Å². The lowest BCUT2D eigenvalue weighted by Crippen LogP contribution is -2.33. The van der Waals surface area contributed by atoms with Gasteiger partial charge in [-0.2, -0.15) is 0 Å². The molecule has 0 radical (unpaired) electrons. The smallest absolute Gasteiger partial charge is 0.251 e. The van der Waals surface area contributed by atoms with Crippen LogP contribution in [0.3, 0.4) is 0 Å². The Balaban J connectivity index is 1.20. The average Bonchev–Trinajstić information content (AvgIpc) is 3.41. The molecule has 170 valence electrons. The summed E-state index contributed by atoms with van der Waals surface area (Å²) in [5.41, 5.74) is 2.11. The van der Waals surface area contributed by atoms with Gasteiger partial charge in [0.15, 0.2) is 0 Å². The number of hydrogen-bond donors (Lipinski definition) is 3. The molecule has 2 aliphatic heterocycles. The van der Waals surface area contributed by atoms with Crippen LogP contribution in [0.4, 0.5) is 5.82 Å². The maximum absolute atomic E-state index is 12.2. The fourth-order valence-electron chi connectivity index (χ4n) is 5.86. The van der Waals surface area contributed by atoms with Gasteiger partial charge in [-0.05, 0) is 74.6 Å². The van der Waals surface area contributed by atoms with Crippen LogP contribution in [-0.2, 0) is 4.74 Å². The molecule has 1 aliphatic carbocycles. The minimum Gasteiger partial charge on any atom is -0.381 e. The summed E-state index contributed by atoms with van der Waals surface area (Å²) in [6, 6.07) is 12.5. The van der Waals surface area contributed by atoms with E-state index < -0.39 is 0 Å². The highest BCUT2D eigenvalue weighted by atomic mass is 16.5. The van der Waals surface area contributed by atoms with Gasteiger partial charge in [0.25, 0.3) is 5.91 Å². The molecule has 1 saturated carbocycles. The minimum atomic E-state index is -0.119. The highest BCUT2D eigenvalue weighted by Gasteiger charge is 2.43. The first-order valence-electron chi connectivity index (χ1n) is 11.9. The number of aromatic nitrogens is 2. The van der Waals surface area contributed by atoms with Crippen molar-refractivity contribution in [2.75, 3.05) is 32.1 Å². The van der Waals surface area contributed by atoms with E-state index in [4.69, 9.17) is 4.74 Å². The highest BCUT2D eigenvalue weighted by Crippen LogP contribution is 2.41. The molecule has 0 bridgehead atoms. The summed E-state index contributed by atoms with van der Waals surface area (Å²) in [4.78, 5) is 12.2. The van der Waals surface area contributed by atoms with Crippen molar-refractivity contribution in [1.29, 1.82) is 0 Å². The molecule has 1 aromatic carbocycles. The number of hydrogen-bond acceptors (Lipinski definition) is 6. The van der Waals surface area contributed by atoms with Gasteiger partial charge in [0.05, 0.1) is 5.69 Å². The zero-order valence-corrected chi connectivity index (χ0v) is 18.7. The fraction of sp³-hybridized carbons (Fsp3) is 0.560. The van der Waals surface area contributed by atoms with Crippen LogP contribution in [0.2, 0.25) is 0 Å². The van der Waals surface area contributed by atoms with Crippen molar-refractivity contribution in [2.45, 2.75) is 44.2 Å². The molecule has 3 N–H and O–H groups in total. The number of rotatable bonds is 6. The number of nitrogens with zero attached hydrogens (tertiary/aromatic N) is 2. The Morgan fingerprint density at radius 3 is 2.75 bits per heavy atom. The third kappa shape index (κ3) is 4.50. The molecule has 5 rings (SSSR count). The summed E-state index contributed by atoms with van der Waals surface area (Å²) in [5.74, 6) is 3.00. The Bertz CT molecular complexity index is 928. The molecular weight excluding hydrogens is 402 g/mol. The SMILES string of the molecule is CNC(=O)c1ccccc1-c1ccc(N[C@H]2C[C@@H]3CN[C@@H](CC4CCOCC4)[C@H]3C2)nn1. The lowest BCUT2D eigenvalue weighted by atomic mass is 9.85. The Labute approximate surface area is 189 Å². The van der Waals surface area contributed by atoms with Gasteiger partial charge in [-0.15, -0.1) is 10.2 Å². The van der Waals surface area contributed by atoms with Gasteiger partial charge >= 0.3 is 0 Å². The van der Waals surface area contributed by atoms with Crippen LogP contribution < -0.4 is 16.0 Å². The van der Waals surface area contributed by atoms with Crippen LogP contribution in [0.25, 0.3) is 11.3 Å². The van der Waals surface area contributed by atoms with Crippen molar-refractivity contribution >= 4 is 11.7 Å². The van der Waals surface area contributed by atoms with E-state index in [-0.39, 0.29) is 5.91 Å². The van der Waals surface area contributed by atoms with Gasteiger partial charge in [-0.1, -0.05) is 18.2 Å². The second-order valence-corrected chi connectivity index (χ2v) is 9.47. The topological polar surface area (TPSA) is 88.2 Å². The largest absolute Gasteiger partial charge is 0.381 e. The van der Waals surface area contributed by atoms with Crippen molar-refractivity contribution < 1.29 is 9.53 Å². The summed E-state index contributed by atoms with van der Waals surface area (Å²) in [6.45, 7) is 2.99. The van der Waals surface area contributed by atoms with Gasteiger partial charge in [0.1, 0.15) is 5.82 Å². The number of carbonyl (C=O) groups is 1. The van der Waals surface area contributed by atoms with Crippen molar-refractivity contribution in [2.24, 2.45) is 17.8 Å². The second-order valence-electron chi connectivity index (χ2n) is 9.47. The maximum atomic E-state index is 12.2. The zero-order chi connectivity index (χ0) is 21.9. The van der Waals surface area contributed by atoms with Crippen molar-refractivity contribution in [3.63, 3.8) is 0 Å². The van der Waals surface area contributed by atoms with Gasteiger partial charge in [0.2, 0.25) is 0 Å². The zero-order valence-electron chi connectivity index (χ0n) is 18.7. The molecule has 7 heteroatoms. The molecule has 3 heterocycles. The number of nitrogens with one attached hydrogen (secondary N) is 3. The Morgan fingerprint density at radius 1 is 1.12 bits per heavy atom. The molecule has 3 fully saturated rings. The molecule has 2 saturated heterocycles. The van der Waals surface area contributed by atoms with Crippen LogP contribution in [0, 0.1) is 17.8 Å². The van der Waals surface area contributed by atoms with Crippen LogP contribution in [0.15, 0.2) is 36.4 Å². The highest BCUT2D eigenvalue weighted by molar-refractivity contribution is 6.00. The van der Waals surface area contributed by atoms with Crippen molar-refractivity contribution in [3.8, 4) is 11.3 Å². The standard InChI is InChI=1S/C25H33N5O2/c1-26-25(31)20-5-3-2-4-19(20)22-6-7-24(30-29-22)28-18-13-17-15-27-23(21(17)14-18)12-16-8-10-32-11-9-16/h2-7,16-18,21,23,27H,8-15H2,1H3,(H,26,31)(H,28,30)/t17-,18+,21+,23+/m1/s1. The number of benzene rings is 1. The van der Waals surface area contributed by atoms with Gasteiger partial charge in [0, 0.05) is 43.5 Å². The van der Waals surface area contributed by atoms with E-state index in [9.17, 15) is 4.79 Å². The monoisotopic (exact) mass is 435 g/mol. The van der Waals surface area contributed by atoms with E-state index in [0.717, 1.165) is 48.9 Å². The normalized spacial score (nSPS) is 27.8. The van der Waals surface area contributed by atoms with E-state index >= 15 is 0 Å². The third-order valence-corrected chi connectivity index (χ3v) is 7.53. The molecule has 4 atom stereocenters.